The van der Waals surface area contributed by atoms with Crippen LogP contribution in [0, 0.1) is 0 Å². The average Bonchev–Trinajstić information content (AvgIpc) is 1.54. The molecule has 1 aromatic carbocycles. The molecule has 490 valence electrons. The van der Waals surface area contributed by atoms with Crippen LogP contribution < -0.4 is 22.8 Å². The third kappa shape index (κ3) is 8.35. The summed E-state index contributed by atoms with van der Waals surface area (Å²) in [6, 6.07) is 30.8. The molecular formula is C78H56N23OS+5. The van der Waals surface area contributed by atoms with Crippen LogP contribution in [-0.2, 0) is 46.7 Å². The zero-order valence-electron chi connectivity index (χ0n) is 57.7. The highest BCUT2D eigenvalue weighted by atomic mass is 32.1. The molecule has 24 nitrogen and oxygen atoms in total. The van der Waals surface area contributed by atoms with Gasteiger partial charge in [-0.3, -0.25) is 46.9 Å². The fourth-order valence-electron chi connectivity index (χ4n) is 16.1. The van der Waals surface area contributed by atoms with E-state index in [1.807, 2.05) is 142 Å². The van der Waals surface area contributed by atoms with E-state index >= 15 is 0 Å². The first kappa shape index (κ1) is 54.1. The molecule has 20 aromatic heterocycles. The number of fused-ring (bicyclic) bond motifs is 35. The molecule has 103 heavy (non-hydrogen) atoms. The van der Waals surface area contributed by atoms with Crippen LogP contribution in [0.4, 0.5) is 0 Å². The van der Waals surface area contributed by atoms with Crippen LogP contribution in [0.15, 0.2) is 251 Å². The molecule has 0 atom stereocenters. The summed E-state index contributed by atoms with van der Waals surface area (Å²) in [5.74, 6) is 4.01. The molecule has 0 saturated carbocycles. The van der Waals surface area contributed by atoms with Crippen molar-refractivity contribution >= 4 is 93.3 Å². The topological polar surface area (TPSA) is 198 Å². The molecule has 0 spiro atoms. The van der Waals surface area contributed by atoms with Crippen LogP contribution in [0.3, 0.4) is 0 Å². The number of pyridine rings is 5. The monoisotopic (exact) mass is 1370 g/mol. The molecule has 25 heterocycles. The fourth-order valence-corrected chi connectivity index (χ4v) is 17.4. The molecule has 5 aliphatic heterocycles. The summed E-state index contributed by atoms with van der Waals surface area (Å²) in [6.07, 6.45) is 47.2. The van der Waals surface area contributed by atoms with Gasteiger partial charge in [-0.1, -0.05) is 29.5 Å². The Bertz CT molecular complexity index is 7090. The SMILES string of the molecule is C[n+]1c2n(c3cn4cnccc4c31)Cc1ccncc1-2.[2H]C([2H])([2H])[n+]1c2n(c3cn4cnccc4c31)Cc1ccncc1-2.c1cc2c(cn1)-c1oc3c4ccncn4cc3[n+]1C2.c1cc2c(cn1)-c1sc3c4ccncn4cc3[n+]1C2.c1ccc(-n2c3[n+](c4cn5cnccc5c42)Cc2ccncc2-3)cc1. The van der Waals surface area contributed by atoms with Gasteiger partial charge < -0.3 is 4.42 Å². The van der Waals surface area contributed by atoms with Gasteiger partial charge in [0.25, 0.3) is 28.0 Å². The van der Waals surface area contributed by atoms with Gasteiger partial charge in [0.2, 0.25) is 16.6 Å². The van der Waals surface area contributed by atoms with Gasteiger partial charge in [-0.05, 0) is 72.8 Å². The minimum atomic E-state index is -2.28. The molecule has 5 aliphatic rings. The molecule has 26 rings (SSSR count). The molecule has 0 amide bonds. The second kappa shape index (κ2) is 21.8. The Hall–Kier alpha value is -13.8. The Kier molecular flexibility index (Phi) is 11.5. The number of aryl methyl sites for hydroxylation is 2. The quantitative estimate of drug-likeness (QED) is 0.142. The number of imidazole rings is 3. The maximum absolute atomic E-state index is 8.03. The van der Waals surface area contributed by atoms with E-state index < -0.39 is 6.98 Å². The number of thiazole rings is 1. The van der Waals surface area contributed by atoms with Gasteiger partial charge in [-0.2, -0.15) is 13.7 Å². The van der Waals surface area contributed by atoms with E-state index in [4.69, 9.17) is 8.53 Å². The van der Waals surface area contributed by atoms with Crippen LogP contribution in [-0.4, -0.2) is 85.5 Å². The largest absolute Gasteiger partial charge is 0.395 e. The lowest BCUT2D eigenvalue weighted by Crippen LogP contribution is -2.31. The van der Waals surface area contributed by atoms with Crippen molar-refractivity contribution in [3.63, 3.8) is 0 Å². The number of para-hydroxylation sites is 1. The highest BCUT2D eigenvalue weighted by molar-refractivity contribution is 7.22. The van der Waals surface area contributed by atoms with Crippen molar-refractivity contribution in [2.45, 2.75) is 32.7 Å². The third-order valence-electron chi connectivity index (χ3n) is 20.7. The normalized spacial score (nSPS) is 13.5. The van der Waals surface area contributed by atoms with Crippen LogP contribution >= 0.6 is 11.3 Å². The highest BCUT2D eigenvalue weighted by Gasteiger charge is 2.40. The highest BCUT2D eigenvalue weighted by Crippen LogP contribution is 2.41. The Balaban J connectivity index is 0.0000000830. The molecule has 0 bridgehead atoms. The van der Waals surface area contributed by atoms with Crippen LogP contribution in [0.5, 0.6) is 0 Å². The standard InChI is InChI=1S/C20H14N5.2C15H12N5.C14H9N4O.C14H9N4S/c1-2-4-15(5-3-1)25-19-17-7-9-22-13-23(17)12-18(19)24-11-14-6-8-21-10-16(14)20(24)25;2*1-18-14-12-3-5-17-9-19(12)8-13(14)20-7-10-2-4-16-6-11(10)15(18)20;2*1-3-15-5-10-9(1)6-18-12-7-17-8-16-4-2-11(17)13(12)19-14(10)18/h1-10,12-13H,11H2;2*2-6,8-9H,7H2,1H3;2*1-5,7-8H,6H2/q5*+1/i;1D3;;;. The number of oxazole rings is 1. The molecule has 0 unspecified atom stereocenters. The van der Waals surface area contributed by atoms with Gasteiger partial charge >= 0.3 is 5.89 Å². The number of hydrogen-bond donors (Lipinski definition) is 0. The molecule has 25 heteroatoms. The summed E-state index contributed by atoms with van der Waals surface area (Å²) in [5.41, 5.74) is 28.4. The summed E-state index contributed by atoms with van der Waals surface area (Å²) in [5, 5.41) is 1.31. The van der Waals surface area contributed by atoms with E-state index in [0.717, 1.165) is 87.6 Å². The number of benzene rings is 1. The maximum atomic E-state index is 8.03. The first-order chi connectivity index (χ1) is 52.1. The van der Waals surface area contributed by atoms with Gasteiger partial charge in [0.15, 0.2) is 40.7 Å². The minimum absolute atomic E-state index is 0.650. The molecule has 0 N–H and O–H groups in total. The van der Waals surface area contributed by atoms with Gasteiger partial charge in [-0.25, -0.2) is 47.8 Å². The predicted octanol–water partition coefficient (Wildman–Crippen LogP) is 10.1. The molecule has 0 aliphatic carbocycles. The maximum Gasteiger partial charge on any atom is 0.384 e. The van der Waals surface area contributed by atoms with Crippen molar-refractivity contribution in [2.24, 2.45) is 14.0 Å². The van der Waals surface area contributed by atoms with Crippen molar-refractivity contribution in [3.05, 3.63) is 274 Å². The second-order valence-electron chi connectivity index (χ2n) is 26.1. The smallest absolute Gasteiger partial charge is 0.384 e. The molecule has 0 fully saturated rings. The molecule has 21 aromatic rings. The third-order valence-corrected chi connectivity index (χ3v) is 21.9. The lowest BCUT2D eigenvalue weighted by atomic mass is 10.1. The van der Waals surface area contributed by atoms with Crippen molar-refractivity contribution in [1.29, 1.82) is 0 Å². The van der Waals surface area contributed by atoms with E-state index in [0.29, 0.717) is 17.9 Å². The van der Waals surface area contributed by atoms with Crippen molar-refractivity contribution in [2.75, 3.05) is 0 Å². The van der Waals surface area contributed by atoms with E-state index in [-0.39, 0.29) is 0 Å². The molecule has 0 radical (unpaired) electrons. The van der Waals surface area contributed by atoms with Crippen LogP contribution in [0.1, 0.15) is 31.9 Å². The lowest BCUT2D eigenvalue weighted by Gasteiger charge is -2.02. The van der Waals surface area contributed by atoms with Crippen LogP contribution in [0.25, 0.3) is 144 Å². The van der Waals surface area contributed by atoms with E-state index in [2.05, 4.69) is 189 Å². The van der Waals surface area contributed by atoms with Gasteiger partial charge in [0, 0.05) is 121 Å². The van der Waals surface area contributed by atoms with Gasteiger partial charge in [-0.15, -0.1) is 0 Å². The summed E-state index contributed by atoms with van der Waals surface area (Å²) >= 11 is 1.84. The minimum Gasteiger partial charge on any atom is -0.395 e. The van der Waals surface area contributed by atoms with Crippen molar-refractivity contribution < 1.29 is 31.4 Å². The van der Waals surface area contributed by atoms with Crippen molar-refractivity contribution in [1.82, 2.24) is 85.5 Å². The summed E-state index contributed by atoms with van der Waals surface area (Å²) in [4.78, 5) is 42.1. The van der Waals surface area contributed by atoms with E-state index in [1.165, 1.54) is 103 Å². The number of rotatable bonds is 1. The van der Waals surface area contributed by atoms with Gasteiger partial charge in [0.05, 0.1) is 125 Å². The number of aromatic nitrogens is 23. The summed E-state index contributed by atoms with van der Waals surface area (Å²) in [7, 11) is 2.12. The summed E-state index contributed by atoms with van der Waals surface area (Å²) < 4.78 is 59.0. The Morgan fingerprint density at radius 2 is 0.854 bits per heavy atom. The van der Waals surface area contributed by atoms with E-state index in [9.17, 15) is 0 Å². The Labute approximate surface area is 590 Å². The lowest BCUT2D eigenvalue weighted by molar-refractivity contribution is -0.649. The second-order valence-corrected chi connectivity index (χ2v) is 27.1. The zero-order chi connectivity index (χ0) is 70.2. The Morgan fingerprint density at radius 1 is 0.398 bits per heavy atom. The zero-order valence-corrected chi connectivity index (χ0v) is 55.5. The van der Waals surface area contributed by atoms with Crippen LogP contribution in [0.2, 0.25) is 0 Å². The first-order valence-electron chi connectivity index (χ1n) is 35.0. The Morgan fingerprint density at radius 3 is 1.49 bits per heavy atom. The average molecular weight is 1370 g/mol. The fraction of sp³-hybridized carbons (Fsp3) is 0.0897. The van der Waals surface area contributed by atoms with E-state index in [1.54, 1.807) is 37.4 Å². The van der Waals surface area contributed by atoms with Crippen molar-refractivity contribution in [3.8, 4) is 61.9 Å². The first-order valence-corrected chi connectivity index (χ1v) is 34.3. The van der Waals surface area contributed by atoms with Gasteiger partial charge in [0.1, 0.15) is 41.1 Å². The number of nitrogens with zero attached hydrogens (tertiary/aromatic N) is 23. The molecular weight excluding hydrogens is 1310 g/mol. The predicted molar refractivity (Wildman–Crippen MR) is 384 cm³/mol. The summed E-state index contributed by atoms with van der Waals surface area (Å²) in [6.45, 7) is 1.93. The number of hydrogen-bond acceptors (Lipinski definition) is 12. The molecule has 0 saturated heterocycles.